The van der Waals surface area contributed by atoms with E-state index in [1.807, 2.05) is 41.5 Å². The average Bonchev–Trinajstić information content (AvgIpc) is 1.63. The molecule has 0 fully saturated rings. The van der Waals surface area contributed by atoms with Crippen LogP contribution in [0.3, 0.4) is 0 Å². The van der Waals surface area contributed by atoms with E-state index in [1.54, 1.807) is 81.4 Å². The molecule has 2 aliphatic heterocycles. The van der Waals surface area contributed by atoms with Gasteiger partial charge in [-0.1, -0.05) is 244 Å². The lowest BCUT2D eigenvalue weighted by Crippen LogP contribution is -2.61. The normalized spacial score (nSPS) is 18.3. The largest absolute Gasteiger partial charge is 0.454 e. The maximum absolute atomic E-state index is 11.7. The molecule has 466 valence electrons. The molecule has 2 aliphatic rings. The molecule has 13 aromatic carbocycles. The van der Waals surface area contributed by atoms with Crippen LogP contribution in [-0.2, 0) is 16.2 Å². The van der Waals surface area contributed by atoms with Gasteiger partial charge >= 0.3 is 0 Å². The second kappa shape index (κ2) is 20.6. The first kappa shape index (κ1) is 32.4. The molecular formula is C90H71BN4O2. The molecule has 17 aromatic rings. The number of nitrogens with zero attached hydrogens (tertiary/aromatic N) is 4. The minimum absolute atomic E-state index is 0.106. The monoisotopic (exact) mass is 1280 g/mol. The first-order chi connectivity index (χ1) is 61.2. The fraction of sp³-hybridized carbons (Fsp3) is 0.133. The Balaban J connectivity index is 1.14. The van der Waals surface area contributed by atoms with Crippen molar-refractivity contribution in [3.8, 4) is 33.6 Å². The van der Waals surface area contributed by atoms with E-state index in [0.29, 0.717) is 11.1 Å². The Hall–Kier alpha value is -11.3. The van der Waals surface area contributed by atoms with E-state index in [2.05, 4.69) is 0 Å². The molecule has 6 heterocycles. The van der Waals surface area contributed by atoms with Crippen LogP contribution in [0.5, 0.6) is 0 Å². The van der Waals surface area contributed by atoms with Gasteiger partial charge < -0.3 is 27.8 Å². The van der Waals surface area contributed by atoms with Gasteiger partial charge in [0.15, 0.2) is 11.2 Å². The van der Waals surface area contributed by atoms with Gasteiger partial charge in [-0.05, 0) is 145 Å². The molecule has 19 rings (SSSR count). The topological polar surface area (TPSA) is 42.6 Å². The quantitative estimate of drug-likeness (QED) is 0.156. The molecule has 0 saturated heterocycles. The molecule has 0 atom stereocenters. The van der Waals surface area contributed by atoms with E-state index in [-0.39, 0.29) is 44.7 Å². The predicted octanol–water partition coefficient (Wildman–Crippen LogP) is 23.0. The third kappa shape index (κ3) is 8.53. The van der Waals surface area contributed by atoms with Crippen LogP contribution in [0.2, 0.25) is 0 Å². The summed E-state index contributed by atoms with van der Waals surface area (Å²) in [6, 6.07) is -12.8. The number of aromatic nitrogens is 2. The van der Waals surface area contributed by atoms with E-state index in [4.69, 9.17) is 17.1 Å². The Morgan fingerprint density at radius 3 is 1.08 bits per heavy atom. The maximum atomic E-state index is 11.7. The van der Waals surface area contributed by atoms with E-state index in [0.717, 1.165) is 9.13 Å². The van der Waals surface area contributed by atoms with Crippen molar-refractivity contribution in [1.29, 1.82) is 0 Å². The van der Waals surface area contributed by atoms with Gasteiger partial charge in [0, 0.05) is 88.3 Å². The number of hydrogen-bond donors (Lipinski definition) is 0. The summed E-state index contributed by atoms with van der Waals surface area (Å²) in [6.45, 7) is 14.6. The average molecular weight is 1290 g/mol. The van der Waals surface area contributed by atoms with Crippen LogP contribution in [-0.4, -0.2) is 15.8 Å². The summed E-state index contributed by atoms with van der Waals surface area (Å²) in [7, 11) is 0. The molecule has 0 spiro atoms. The standard InChI is InChI=1S/C90H71BN4O2/c1-88(2,3)56-26-22-24-54(48-56)61-42-44-69-67-32-14-20-38-81(67)96-86(69)84(61)94-77-52-59(92-73-34-16-10-28-63(73)64-29-11-17-35-74(64)92)40-46-71(77)91-72-47-41-60(93-75-36-18-12-30-65(75)66-31-13-19-37-76(66)93)53-78(72)95(80-51-58(90(7,8)9)50-79(94)83(80)91)85-62(55-25-23-27-57(49-55)89(4,5)6)43-45-70-68-33-15-21-39-82(68)97-87(70)85/h10-53H,1-9H3/i10D,11D,12D,13D,14D,15D,16D,17D,18D,19D,20D,21D,28D,29D,30D,31D,32D,33D,34D,35D,36D,37D,38D,39D,40D,41D,42D,43D,44D,45D,46D,47D,52D,53D. The third-order valence-corrected chi connectivity index (χ3v) is 18.6. The highest BCUT2D eigenvalue weighted by Crippen LogP contribution is 2.55. The van der Waals surface area contributed by atoms with Crippen LogP contribution in [0, 0.1) is 0 Å². The third-order valence-electron chi connectivity index (χ3n) is 18.6. The molecule has 4 aromatic heterocycles. The van der Waals surface area contributed by atoms with Crippen molar-refractivity contribution < 1.29 is 55.4 Å². The first-order valence-corrected chi connectivity index (χ1v) is 31.4. The minimum atomic E-state index is -2.10. The van der Waals surface area contributed by atoms with Crippen LogP contribution in [0.1, 0.15) is 126 Å². The van der Waals surface area contributed by atoms with Gasteiger partial charge in [-0.3, -0.25) is 0 Å². The van der Waals surface area contributed by atoms with Crippen LogP contribution >= 0.6 is 0 Å². The number of rotatable bonds is 6. The van der Waals surface area contributed by atoms with Crippen LogP contribution < -0.4 is 26.2 Å². The predicted molar refractivity (Wildman–Crippen MR) is 411 cm³/mol. The smallest absolute Gasteiger partial charge is 0.252 e. The van der Waals surface area contributed by atoms with Crippen LogP contribution in [0.25, 0.3) is 121 Å². The highest BCUT2D eigenvalue weighted by Gasteiger charge is 2.47. The molecule has 0 amide bonds. The molecule has 0 N–H and O–H groups in total. The number of fused-ring (bicyclic) bond motifs is 16. The minimum Gasteiger partial charge on any atom is -0.454 e. The highest BCUT2D eigenvalue weighted by molar-refractivity contribution is 7.00. The number of hydrogen-bond acceptors (Lipinski definition) is 4. The lowest BCUT2D eigenvalue weighted by Gasteiger charge is -2.45. The molecule has 0 bridgehead atoms. The molecular weight excluding hydrogens is 1180 g/mol. The van der Waals surface area contributed by atoms with E-state index in [1.165, 1.54) is 9.80 Å². The van der Waals surface area contributed by atoms with E-state index in [9.17, 15) is 38.4 Å². The van der Waals surface area contributed by atoms with Crippen molar-refractivity contribution in [2.45, 2.75) is 78.6 Å². The lowest BCUT2D eigenvalue weighted by molar-refractivity contribution is 0.590. The Morgan fingerprint density at radius 1 is 0.340 bits per heavy atom. The van der Waals surface area contributed by atoms with Crippen molar-refractivity contribution in [3.63, 3.8) is 0 Å². The van der Waals surface area contributed by atoms with Crippen LogP contribution in [0.4, 0.5) is 34.1 Å². The Labute approximate surface area is 612 Å². The molecule has 0 saturated carbocycles. The van der Waals surface area contributed by atoms with E-state index < -0.39 is 361 Å². The zero-order chi connectivity index (χ0) is 95.1. The summed E-state index contributed by atoms with van der Waals surface area (Å²) in [5, 5.41) is -3.89. The van der Waals surface area contributed by atoms with Crippen molar-refractivity contribution in [1.82, 2.24) is 9.13 Å². The van der Waals surface area contributed by atoms with Gasteiger partial charge in [0.05, 0.1) is 80.0 Å². The second-order valence-corrected chi connectivity index (χ2v) is 27.4. The summed E-state index contributed by atoms with van der Waals surface area (Å²) in [5.41, 5.74) is -12.2. The zero-order valence-electron chi connectivity index (χ0n) is 87.5. The number of furan rings is 2. The van der Waals surface area contributed by atoms with Crippen LogP contribution in [0.15, 0.2) is 275 Å². The second-order valence-electron chi connectivity index (χ2n) is 27.4. The highest BCUT2D eigenvalue weighted by atomic mass is 16.3. The molecule has 0 aliphatic carbocycles. The molecule has 97 heavy (non-hydrogen) atoms. The number of anilines is 6. The molecule has 6 nitrogen and oxygen atoms in total. The summed E-state index contributed by atoms with van der Waals surface area (Å²) in [5.74, 6) is 0. The number of benzene rings is 13. The van der Waals surface area contributed by atoms with Crippen molar-refractivity contribution in [2.75, 3.05) is 9.80 Å². The van der Waals surface area contributed by atoms with Gasteiger partial charge in [0.25, 0.3) is 6.71 Å². The van der Waals surface area contributed by atoms with Crippen molar-refractivity contribution in [2.24, 2.45) is 0 Å². The van der Waals surface area contributed by atoms with Gasteiger partial charge in [0.2, 0.25) is 0 Å². The van der Waals surface area contributed by atoms with Crippen molar-refractivity contribution >= 4 is 145 Å². The fourth-order valence-electron chi connectivity index (χ4n) is 13.9. The van der Waals surface area contributed by atoms with Gasteiger partial charge in [0.1, 0.15) is 11.2 Å². The first-order valence-electron chi connectivity index (χ1n) is 48.4. The van der Waals surface area contributed by atoms with Gasteiger partial charge in [-0.15, -0.1) is 0 Å². The summed E-state index contributed by atoms with van der Waals surface area (Å²) < 4.78 is 353. The van der Waals surface area contributed by atoms with Gasteiger partial charge in [-0.2, -0.15) is 0 Å². The SMILES string of the molecule is [2H]c1c([2H])c(-n2c3c([2H])c([2H])c([2H])c([2H])c3c3c([2H])c([2H])c([2H])c([2H])c32)c([2H])c2c1B1c3c(cc(C(C)(C)C)cc3N(c3c(-c4cccc(C(C)(C)C)c4)c([2H])c([2H])c4c3oc3c([2H])c([2H])c([2H])c([2H])c34)c3c([2H])c(-n4c5c([2H])c([2H])c([2H])c([2H])c5c5c([2H])c([2H])c([2H])c([2H])c54)c([2H])c([2H])c31)N2c1c(-c2cccc(C(C)(C)C)c2)c([2H])c([2H])c2c1oc1c([2H])c([2H])c([2H])c([2H])c12. The maximum Gasteiger partial charge on any atom is 0.252 e. The number of para-hydroxylation sites is 6. The Kier molecular flexibility index (Phi) is 6.90. The Morgan fingerprint density at radius 2 is 0.701 bits per heavy atom. The van der Waals surface area contributed by atoms with Gasteiger partial charge in [-0.25, -0.2) is 0 Å². The Bertz CT molecular complexity index is 7690. The summed E-state index contributed by atoms with van der Waals surface area (Å²) in [4.78, 5) is 2.61. The molecule has 0 radical (unpaired) electrons. The zero-order valence-corrected chi connectivity index (χ0v) is 53.5. The lowest BCUT2D eigenvalue weighted by atomic mass is 9.33. The van der Waals surface area contributed by atoms with E-state index >= 15 is 0 Å². The molecule has 7 heteroatoms. The fourth-order valence-corrected chi connectivity index (χ4v) is 13.9. The summed E-state index contributed by atoms with van der Waals surface area (Å²) >= 11 is 0. The molecule has 0 unspecified atom stereocenters. The summed E-state index contributed by atoms with van der Waals surface area (Å²) in [6.07, 6.45) is 0. The van der Waals surface area contributed by atoms with Crippen molar-refractivity contribution in [3.05, 3.63) is 283 Å².